The fraction of sp³-hybridized carbons (Fsp3) is 0.133. The maximum atomic E-state index is 12.7. The van der Waals surface area contributed by atoms with E-state index in [1.54, 1.807) is 12.1 Å². The molecule has 0 N–H and O–H groups in total. The number of nitrogens with zero attached hydrogens (tertiary/aromatic N) is 1. The molecule has 1 unspecified atom stereocenters. The van der Waals surface area contributed by atoms with Crippen molar-refractivity contribution in [2.75, 3.05) is 5.75 Å². The molecule has 1 atom stereocenters. The molecule has 0 aliphatic carbocycles. The standard InChI is InChI=1S/C15H7Br3F3NO7S2/c16-7-3-9(17)14(10(18)4-7)29-13(23)6-30(26)12-2-1-8(5-11(12)22(24)25)31(27,28)15(19,20)21/h1-5H,6H2. The maximum Gasteiger partial charge on any atom is 0.501 e. The summed E-state index contributed by atoms with van der Waals surface area (Å²) in [5.74, 6) is -1.92. The SMILES string of the molecule is O=C(CS(=O)c1ccc(S(=O)(=O)C(F)(F)F)cc1[N+](=O)[O-])Oc1c(Br)cc(Br)cc1Br. The van der Waals surface area contributed by atoms with Crippen molar-refractivity contribution in [2.45, 2.75) is 15.3 Å². The number of sulfone groups is 1. The second kappa shape index (κ2) is 9.64. The zero-order valence-corrected chi connectivity index (χ0v) is 20.9. The zero-order chi connectivity index (χ0) is 23.7. The van der Waals surface area contributed by atoms with Crippen molar-refractivity contribution in [3.8, 4) is 5.75 Å². The van der Waals surface area contributed by atoms with Crippen molar-refractivity contribution in [1.29, 1.82) is 0 Å². The molecule has 2 rings (SSSR count). The van der Waals surface area contributed by atoms with Gasteiger partial charge in [-0.1, -0.05) is 15.9 Å². The van der Waals surface area contributed by atoms with Gasteiger partial charge < -0.3 is 4.74 Å². The Kier molecular flexibility index (Phi) is 8.05. The van der Waals surface area contributed by atoms with Crippen LogP contribution < -0.4 is 4.74 Å². The third kappa shape index (κ3) is 5.91. The van der Waals surface area contributed by atoms with Crippen LogP contribution in [0.2, 0.25) is 0 Å². The highest BCUT2D eigenvalue weighted by Crippen LogP contribution is 2.37. The van der Waals surface area contributed by atoms with Crippen LogP contribution in [-0.4, -0.2) is 34.8 Å². The Morgan fingerprint density at radius 2 is 1.68 bits per heavy atom. The molecule has 2 aromatic carbocycles. The summed E-state index contributed by atoms with van der Waals surface area (Å²) in [6.07, 6.45) is 0. The molecule has 16 heteroatoms. The van der Waals surface area contributed by atoms with Crippen LogP contribution in [0.1, 0.15) is 0 Å². The molecule has 0 aliphatic heterocycles. The average molecular weight is 674 g/mol. The summed E-state index contributed by atoms with van der Waals surface area (Å²) >= 11 is 9.53. The number of carbonyl (C=O) groups excluding carboxylic acids is 1. The van der Waals surface area contributed by atoms with Crippen LogP contribution in [0.25, 0.3) is 0 Å². The number of carbonyl (C=O) groups is 1. The predicted octanol–water partition coefficient (Wildman–Crippen LogP) is 4.89. The lowest BCUT2D eigenvalue weighted by molar-refractivity contribution is -0.388. The molecule has 0 saturated heterocycles. The first-order chi connectivity index (χ1) is 14.1. The van der Waals surface area contributed by atoms with Crippen LogP contribution >= 0.6 is 47.8 Å². The van der Waals surface area contributed by atoms with E-state index in [1.807, 2.05) is 0 Å². The molecular weight excluding hydrogens is 667 g/mol. The number of halogens is 6. The summed E-state index contributed by atoms with van der Waals surface area (Å²) in [7, 11) is -8.29. The number of nitro groups is 1. The van der Waals surface area contributed by atoms with E-state index in [0.717, 1.165) is 0 Å². The van der Waals surface area contributed by atoms with Gasteiger partial charge in [0.1, 0.15) is 10.6 Å². The number of hydrogen-bond acceptors (Lipinski definition) is 7. The third-order valence-corrected chi connectivity index (χ3v) is 7.87. The second-order valence-corrected chi connectivity index (χ2v) is 11.5. The van der Waals surface area contributed by atoms with Crippen LogP contribution in [0.15, 0.2) is 53.5 Å². The molecule has 168 valence electrons. The first kappa shape index (κ1) is 25.9. The molecule has 0 heterocycles. The molecule has 0 bridgehead atoms. The largest absolute Gasteiger partial charge is 0.501 e. The van der Waals surface area contributed by atoms with E-state index in [0.29, 0.717) is 25.6 Å². The Hall–Kier alpha value is -1.36. The summed E-state index contributed by atoms with van der Waals surface area (Å²) in [4.78, 5) is 20.1. The van der Waals surface area contributed by atoms with Crippen molar-refractivity contribution in [2.24, 2.45) is 0 Å². The Bertz CT molecular complexity index is 1180. The van der Waals surface area contributed by atoms with Gasteiger partial charge in [-0.05, 0) is 56.1 Å². The van der Waals surface area contributed by atoms with Crippen molar-refractivity contribution >= 4 is 80.1 Å². The van der Waals surface area contributed by atoms with Gasteiger partial charge in [-0.25, -0.2) is 8.42 Å². The quantitative estimate of drug-likeness (QED) is 0.185. The lowest BCUT2D eigenvalue weighted by atomic mass is 10.3. The fourth-order valence-electron chi connectivity index (χ4n) is 2.09. The van der Waals surface area contributed by atoms with Crippen molar-refractivity contribution < 1.29 is 40.3 Å². The number of nitro benzene ring substituents is 1. The summed E-state index contributed by atoms with van der Waals surface area (Å²) in [5.41, 5.74) is -6.83. The molecule has 0 fully saturated rings. The van der Waals surface area contributed by atoms with Gasteiger partial charge in [0.2, 0.25) is 0 Å². The average Bonchev–Trinajstić information content (AvgIpc) is 2.63. The Balaban J connectivity index is 2.33. The lowest BCUT2D eigenvalue weighted by Gasteiger charge is -2.10. The first-order valence-electron chi connectivity index (χ1n) is 7.48. The van der Waals surface area contributed by atoms with Gasteiger partial charge in [0.25, 0.3) is 15.5 Å². The number of rotatable bonds is 6. The van der Waals surface area contributed by atoms with E-state index in [-0.39, 0.29) is 11.8 Å². The summed E-state index contributed by atoms with van der Waals surface area (Å²) < 4.78 is 79.9. The van der Waals surface area contributed by atoms with Gasteiger partial charge >= 0.3 is 11.5 Å². The predicted molar refractivity (Wildman–Crippen MR) is 113 cm³/mol. The Morgan fingerprint density at radius 3 is 2.16 bits per heavy atom. The van der Waals surface area contributed by atoms with Crippen LogP contribution in [0.3, 0.4) is 0 Å². The molecule has 0 amide bonds. The van der Waals surface area contributed by atoms with E-state index in [4.69, 9.17) is 4.74 Å². The summed E-state index contributed by atoms with van der Waals surface area (Å²) in [5, 5.41) is 11.2. The molecule has 0 aromatic heterocycles. The monoisotopic (exact) mass is 671 g/mol. The topological polar surface area (TPSA) is 121 Å². The van der Waals surface area contributed by atoms with E-state index in [1.165, 1.54) is 0 Å². The van der Waals surface area contributed by atoms with Gasteiger partial charge in [0.05, 0.1) is 29.6 Å². The molecule has 0 saturated carbocycles. The van der Waals surface area contributed by atoms with Gasteiger partial charge in [-0.2, -0.15) is 13.2 Å². The van der Waals surface area contributed by atoms with Gasteiger partial charge in [0, 0.05) is 10.5 Å². The molecule has 31 heavy (non-hydrogen) atoms. The van der Waals surface area contributed by atoms with E-state index >= 15 is 0 Å². The zero-order valence-electron chi connectivity index (χ0n) is 14.5. The number of esters is 1. The number of benzene rings is 2. The highest BCUT2D eigenvalue weighted by atomic mass is 79.9. The molecule has 8 nitrogen and oxygen atoms in total. The Labute approximate surface area is 200 Å². The van der Waals surface area contributed by atoms with E-state index in [9.17, 15) is 40.7 Å². The van der Waals surface area contributed by atoms with Crippen molar-refractivity contribution in [3.63, 3.8) is 0 Å². The number of alkyl halides is 3. The lowest BCUT2D eigenvalue weighted by Crippen LogP contribution is -2.23. The summed E-state index contributed by atoms with van der Waals surface area (Å²) in [6, 6.07) is 4.26. The van der Waals surface area contributed by atoms with Gasteiger partial charge in [0.15, 0.2) is 5.75 Å². The maximum absolute atomic E-state index is 12.7. The minimum Gasteiger partial charge on any atom is -0.423 e. The van der Waals surface area contributed by atoms with Gasteiger partial charge in [-0.3, -0.25) is 19.1 Å². The molecule has 2 aromatic rings. The smallest absolute Gasteiger partial charge is 0.423 e. The minimum absolute atomic E-state index is 0.0336. The molecular formula is C15H7Br3F3NO7S2. The fourth-order valence-corrected chi connectivity index (χ4v) is 6.30. The summed E-state index contributed by atoms with van der Waals surface area (Å²) in [6.45, 7) is 0. The highest BCUT2D eigenvalue weighted by Gasteiger charge is 2.47. The van der Waals surface area contributed by atoms with E-state index in [2.05, 4.69) is 47.8 Å². The Morgan fingerprint density at radius 1 is 1.13 bits per heavy atom. The minimum atomic E-state index is -5.86. The second-order valence-electron chi connectivity index (χ2n) is 5.50. The van der Waals surface area contributed by atoms with Crippen LogP contribution in [0.5, 0.6) is 5.75 Å². The number of hydrogen-bond donors (Lipinski definition) is 0. The van der Waals surface area contributed by atoms with Crippen LogP contribution in [0, 0.1) is 10.1 Å². The highest BCUT2D eigenvalue weighted by molar-refractivity contribution is 9.11. The van der Waals surface area contributed by atoms with Crippen LogP contribution in [0.4, 0.5) is 18.9 Å². The molecule has 0 radical (unpaired) electrons. The molecule has 0 aliphatic rings. The van der Waals surface area contributed by atoms with Gasteiger partial charge in [-0.15, -0.1) is 0 Å². The normalized spacial score (nSPS) is 13.0. The first-order valence-corrected chi connectivity index (χ1v) is 12.7. The number of ether oxygens (including phenoxy) is 1. The van der Waals surface area contributed by atoms with Crippen molar-refractivity contribution in [1.82, 2.24) is 0 Å². The molecule has 0 spiro atoms. The van der Waals surface area contributed by atoms with E-state index < -0.39 is 58.3 Å². The third-order valence-electron chi connectivity index (χ3n) is 3.42. The van der Waals surface area contributed by atoms with Crippen molar-refractivity contribution in [3.05, 3.63) is 53.9 Å². The van der Waals surface area contributed by atoms with Crippen LogP contribution in [-0.2, 0) is 25.4 Å².